The van der Waals surface area contributed by atoms with Crippen molar-refractivity contribution in [3.8, 4) is 0 Å². The second-order valence-electron chi connectivity index (χ2n) is 4.75. The van der Waals surface area contributed by atoms with Gasteiger partial charge in [0.25, 0.3) is 0 Å². The summed E-state index contributed by atoms with van der Waals surface area (Å²) in [4.78, 5) is 31.0. The molecule has 0 spiro atoms. The lowest BCUT2D eigenvalue weighted by Crippen LogP contribution is -2.51. The minimum atomic E-state index is -4.70. The van der Waals surface area contributed by atoms with Crippen LogP contribution in [0.5, 0.6) is 0 Å². The van der Waals surface area contributed by atoms with Gasteiger partial charge >= 0.3 is 13.8 Å². The van der Waals surface area contributed by atoms with Gasteiger partial charge in [-0.25, -0.2) is 9.36 Å². The molecule has 0 rings (SSSR count). The van der Waals surface area contributed by atoms with E-state index in [0.717, 1.165) is 0 Å². The molecule has 112 valence electrons. The van der Waals surface area contributed by atoms with Crippen molar-refractivity contribution in [1.29, 1.82) is 0 Å². The maximum Gasteiger partial charge on any atom is 0.470 e. The highest BCUT2D eigenvalue weighted by Gasteiger charge is 2.43. The van der Waals surface area contributed by atoms with Crippen LogP contribution in [-0.2, 0) is 18.6 Å². The van der Waals surface area contributed by atoms with Gasteiger partial charge in [0.1, 0.15) is 5.60 Å². The van der Waals surface area contributed by atoms with Gasteiger partial charge in [-0.1, -0.05) is 13.5 Å². The monoisotopic (exact) mass is 295 g/mol. The van der Waals surface area contributed by atoms with Gasteiger partial charge in [0.05, 0.1) is 0 Å². The molecule has 19 heavy (non-hydrogen) atoms. The van der Waals surface area contributed by atoms with Crippen LogP contribution in [0.1, 0.15) is 27.2 Å². The van der Waals surface area contributed by atoms with E-state index in [1.165, 1.54) is 18.7 Å². The smallest absolute Gasteiger partial charge is 0.440 e. The number of hydrogen-bond donors (Lipinski definition) is 2. The van der Waals surface area contributed by atoms with E-state index in [0.29, 0.717) is 0 Å². The number of ether oxygens (including phenoxy) is 1. The fraction of sp³-hybridized carbons (Fsp3) is 0.727. The van der Waals surface area contributed by atoms with Crippen LogP contribution in [0.4, 0.5) is 0 Å². The van der Waals surface area contributed by atoms with Crippen LogP contribution < -0.4 is 0 Å². The molecule has 0 aromatic heterocycles. The van der Waals surface area contributed by atoms with E-state index in [1.54, 1.807) is 21.0 Å². The molecule has 2 unspecified atom stereocenters. The summed E-state index contributed by atoms with van der Waals surface area (Å²) >= 11 is 0. The SMILES string of the molecule is C=C(C)C(=O)OC(N(C)C)C(C)(CC)OP(=O)(O)O. The average Bonchev–Trinajstić information content (AvgIpc) is 2.22. The lowest BCUT2D eigenvalue weighted by molar-refractivity contribution is -0.178. The molecular weight excluding hydrogens is 273 g/mol. The Balaban J connectivity index is 5.27. The predicted molar refractivity (Wildman–Crippen MR) is 70.2 cm³/mol. The van der Waals surface area contributed by atoms with Crippen LogP contribution in [-0.4, -0.2) is 46.6 Å². The van der Waals surface area contributed by atoms with Crippen molar-refractivity contribution in [2.75, 3.05) is 14.1 Å². The lowest BCUT2D eigenvalue weighted by atomic mass is 10.0. The first kappa shape index (κ1) is 18.3. The van der Waals surface area contributed by atoms with Crippen LogP contribution in [0.3, 0.4) is 0 Å². The zero-order valence-electron chi connectivity index (χ0n) is 11.9. The second kappa shape index (κ2) is 6.63. The van der Waals surface area contributed by atoms with Gasteiger partial charge in [0.15, 0.2) is 6.23 Å². The number of phosphoric acid groups is 1. The molecule has 0 heterocycles. The van der Waals surface area contributed by atoms with Gasteiger partial charge < -0.3 is 14.5 Å². The van der Waals surface area contributed by atoms with Crippen LogP contribution in [0, 0.1) is 0 Å². The Bertz CT molecular complexity index is 391. The standard InChI is InChI=1S/C11H22NO6P/c1-7-11(4,18-19(14,15)16)10(12(5)6)17-9(13)8(2)3/h10H,2,7H2,1,3-6H3,(H2,14,15,16). The van der Waals surface area contributed by atoms with E-state index in [4.69, 9.17) is 19.0 Å². The molecule has 0 bridgehead atoms. The fourth-order valence-corrected chi connectivity index (χ4v) is 2.30. The van der Waals surface area contributed by atoms with Gasteiger partial charge in [-0.3, -0.25) is 9.42 Å². The summed E-state index contributed by atoms with van der Waals surface area (Å²) in [6, 6.07) is 0. The quantitative estimate of drug-likeness (QED) is 0.316. The van der Waals surface area contributed by atoms with Crippen molar-refractivity contribution in [2.45, 2.75) is 39.0 Å². The molecule has 0 aliphatic rings. The zero-order valence-corrected chi connectivity index (χ0v) is 12.8. The topological polar surface area (TPSA) is 96.3 Å². The second-order valence-corrected chi connectivity index (χ2v) is 5.91. The van der Waals surface area contributed by atoms with Crippen molar-refractivity contribution >= 4 is 13.8 Å². The first-order valence-corrected chi connectivity index (χ1v) is 7.25. The molecule has 0 saturated carbocycles. The lowest BCUT2D eigenvalue weighted by Gasteiger charge is -2.39. The zero-order chi connectivity index (χ0) is 15.4. The third-order valence-electron chi connectivity index (χ3n) is 2.59. The molecule has 0 amide bonds. The Labute approximate surface area is 113 Å². The van der Waals surface area contributed by atoms with Crippen LogP contribution in [0.2, 0.25) is 0 Å². The van der Waals surface area contributed by atoms with Crippen molar-refractivity contribution in [1.82, 2.24) is 4.90 Å². The first-order chi connectivity index (χ1) is 8.43. The van der Waals surface area contributed by atoms with E-state index in [-0.39, 0.29) is 12.0 Å². The highest BCUT2D eigenvalue weighted by atomic mass is 31.2. The Morgan fingerprint density at radius 3 is 2.21 bits per heavy atom. The minimum absolute atomic E-state index is 0.196. The molecule has 0 radical (unpaired) electrons. The number of rotatable bonds is 7. The highest BCUT2D eigenvalue weighted by Crippen LogP contribution is 2.44. The van der Waals surface area contributed by atoms with Crippen molar-refractivity contribution in [2.24, 2.45) is 0 Å². The normalized spacial score (nSPS) is 16.8. The maximum absolute atomic E-state index is 11.6. The van der Waals surface area contributed by atoms with Gasteiger partial charge in [-0.2, -0.15) is 0 Å². The number of nitrogens with zero attached hydrogens (tertiary/aromatic N) is 1. The van der Waals surface area contributed by atoms with Crippen LogP contribution >= 0.6 is 7.82 Å². The van der Waals surface area contributed by atoms with Crippen LogP contribution in [0.15, 0.2) is 12.2 Å². The maximum atomic E-state index is 11.6. The fourth-order valence-electron chi connectivity index (χ4n) is 1.53. The van der Waals surface area contributed by atoms with E-state index >= 15 is 0 Å². The number of hydrogen-bond acceptors (Lipinski definition) is 5. The third kappa shape index (κ3) is 5.84. The summed E-state index contributed by atoms with van der Waals surface area (Å²) in [7, 11) is -1.47. The van der Waals surface area contributed by atoms with Gasteiger partial charge in [-0.05, 0) is 34.4 Å². The van der Waals surface area contributed by atoms with E-state index < -0.39 is 25.6 Å². The van der Waals surface area contributed by atoms with Gasteiger partial charge in [0.2, 0.25) is 0 Å². The van der Waals surface area contributed by atoms with Gasteiger partial charge in [-0.15, -0.1) is 0 Å². The van der Waals surface area contributed by atoms with E-state index in [1.807, 2.05) is 0 Å². The van der Waals surface area contributed by atoms with E-state index in [9.17, 15) is 9.36 Å². The predicted octanol–water partition coefficient (Wildman–Crippen LogP) is 1.27. The molecule has 0 aromatic rings. The molecule has 2 N–H and O–H groups in total. The summed E-state index contributed by atoms with van der Waals surface area (Å²) in [6.45, 7) is 8.11. The van der Waals surface area contributed by atoms with Gasteiger partial charge in [0, 0.05) is 5.57 Å². The first-order valence-electron chi connectivity index (χ1n) is 5.72. The number of carbonyl (C=O) groups is 1. The number of esters is 1. The van der Waals surface area contributed by atoms with E-state index in [2.05, 4.69) is 6.58 Å². The minimum Gasteiger partial charge on any atom is -0.440 e. The van der Waals surface area contributed by atoms with Crippen molar-refractivity contribution < 1.29 is 28.4 Å². The Morgan fingerprint density at radius 1 is 1.47 bits per heavy atom. The molecule has 2 atom stereocenters. The third-order valence-corrected chi connectivity index (χ3v) is 3.24. The molecule has 7 nitrogen and oxygen atoms in total. The summed E-state index contributed by atoms with van der Waals surface area (Å²) in [5, 5.41) is 0. The molecule has 0 fully saturated rings. The largest absolute Gasteiger partial charge is 0.470 e. The summed E-state index contributed by atoms with van der Waals surface area (Å²) in [5.74, 6) is -0.646. The van der Waals surface area contributed by atoms with Crippen molar-refractivity contribution in [3.05, 3.63) is 12.2 Å². The summed E-state index contributed by atoms with van der Waals surface area (Å²) in [5.41, 5.74) is -1.14. The highest BCUT2D eigenvalue weighted by molar-refractivity contribution is 7.46. The van der Waals surface area contributed by atoms with Crippen LogP contribution in [0.25, 0.3) is 0 Å². The number of phosphoric ester groups is 1. The number of carbonyl (C=O) groups excluding carboxylic acids is 1. The Kier molecular flexibility index (Phi) is 6.38. The Hall–Kier alpha value is -0.720. The average molecular weight is 295 g/mol. The molecule has 0 aliphatic carbocycles. The molecule has 0 aromatic carbocycles. The Morgan fingerprint density at radius 2 is 1.95 bits per heavy atom. The number of likely N-dealkylation sites (N-methyl/N-ethyl adjacent to an activating group) is 1. The molecular formula is C11H22NO6P. The van der Waals surface area contributed by atoms with Crippen molar-refractivity contribution in [3.63, 3.8) is 0 Å². The molecule has 0 aliphatic heterocycles. The molecule has 0 saturated heterocycles. The molecule has 8 heteroatoms. The summed E-state index contributed by atoms with van der Waals surface area (Å²) < 4.78 is 21.0. The summed E-state index contributed by atoms with van der Waals surface area (Å²) in [6.07, 6.45) is -0.709.